The highest BCUT2D eigenvalue weighted by atomic mass is 35.5. The lowest BCUT2D eigenvalue weighted by atomic mass is 10.0. The highest BCUT2D eigenvalue weighted by Gasteiger charge is 2.05. The molecule has 0 amide bonds. The number of hydrogen-bond donors (Lipinski definition) is 1. The molecule has 2 aromatic rings. The van der Waals surface area contributed by atoms with Crippen molar-refractivity contribution in [3.63, 3.8) is 0 Å². The lowest BCUT2D eigenvalue weighted by molar-refractivity contribution is 0.717. The van der Waals surface area contributed by atoms with Crippen LogP contribution < -0.4 is 0 Å². The van der Waals surface area contributed by atoms with E-state index in [0.717, 1.165) is 22.8 Å². The minimum atomic E-state index is 0.756. The van der Waals surface area contributed by atoms with Crippen molar-refractivity contribution in [3.8, 4) is 11.4 Å². The number of rotatable bonds is 5. The zero-order valence-corrected chi connectivity index (χ0v) is 10.7. The second kappa shape index (κ2) is 5.82. The van der Waals surface area contributed by atoms with Crippen molar-refractivity contribution in [3.05, 3.63) is 35.1 Å². The maximum atomic E-state index is 6.26. The van der Waals surface area contributed by atoms with Crippen LogP contribution in [0.4, 0.5) is 0 Å². The van der Waals surface area contributed by atoms with Crippen molar-refractivity contribution in [1.29, 1.82) is 0 Å². The fraction of sp³-hybridized carbons (Fsp3) is 0.385. The van der Waals surface area contributed by atoms with Crippen LogP contribution in [-0.4, -0.2) is 15.2 Å². The van der Waals surface area contributed by atoms with Gasteiger partial charge in [-0.25, -0.2) is 4.98 Å². The fourth-order valence-corrected chi connectivity index (χ4v) is 2.08. The summed E-state index contributed by atoms with van der Waals surface area (Å²) < 4.78 is 0. The third kappa shape index (κ3) is 3.07. The van der Waals surface area contributed by atoms with E-state index in [1.54, 1.807) is 0 Å². The first kappa shape index (κ1) is 12.1. The molecule has 0 aliphatic rings. The molecule has 0 saturated carbocycles. The molecule has 0 fully saturated rings. The molecule has 90 valence electrons. The van der Waals surface area contributed by atoms with E-state index in [0.29, 0.717) is 0 Å². The molecule has 0 unspecified atom stereocenters. The van der Waals surface area contributed by atoms with E-state index in [9.17, 15) is 0 Å². The van der Waals surface area contributed by atoms with Gasteiger partial charge in [-0.3, -0.25) is 5.10 Å². The molecule has 0 spiro atoms. The summed E-state index contributed by atoms with van der Waals surface area (Å²) in [7, 11) is 0. The van der Waals surface area contributed by atoms with Crippen molar-refractivity contribution in [2.75, 3.05) is 0 Å². The van der Waals surface area contributed by atoms with Gasteiger partial charge in [-0.15, -0.1) is 0 Å². The average Bonchev–Trinajstić information content (AvgIpc) is 2.85. The highest BCUT2D eigenvalue weighted by Crippen LogP contribution is 2.24. The Bertz CT molecular complexity index is 466. The van der Waals surface area contributed by atoms with E-state index in [1.807, 2.05) is 12.1 Å². The van der Waals surface area contributed by atoms with E-state index < -0.39 is 0 Å². The van der Waals surface area contributed by atoms with Crippen LogP contribution in [0.1, 0.15) is 31.7 Å². The molecule has 1 aromatic carbocycles. The third-order valence-electron chi connectivity index (χ3n) is 2.79. The Morgan fingerprint density at radius 3 is 2.82 bits per heavy atom. The van der Waals surface area contributed by atoms with Gasteiger partial charge in [-0.2, -0.15) is 5.10 Å². The van der Waals surface area contributed by atoms with Gasteiger partial charge in [0.25, 0.3) is 0 Å². The van der Waals surface area contributed by atoms with Crippen LogP contribution in [0.15, 0.2) is 24.5 Å². The van der Waals surface area contributed by atoms with Crippen LogP contribution in [-0.2, 0) is 6.42 Å². The first-order valence-corrected chi connectivity index (χ1v) is 6.33. The van der Waals surface area contributed by atoms with Gasteiger partial charge >= 0.3 is 0 Å². The van der Waals surface area contributed by atoms with E-state index in [-0.39, 0.29) is 0 Å². The number of aromatic amines is 1. The number of aromatic nitrogens is 3. The van der Waals surface area contributed by atoms with Gasteiger partial charge in [0, 0.05) is 10.6 Å². The largest absolute Gasteiger partial charge is 0.259 e. The number of hydrogen-bond acceptors (Lipinski definition) is 2. The Morgan fingerprint density at radius 1 is 1.29 bits per heavy atom. The molecular weight excluding hydrogens is 234 g/mol. The van der Waals surface area contributed by atoms with Crippen LogP contribution in [0.2, 0.25) is 5.02 Å². The number of aryl methyl sites for hydroxylation is 1. The first-order chi connectivity index (χ1) is 8.31. The number of unbranched alkanes of at least 4 members (excludes halogenated alkanes) is 2. The molecule has 0 radical (unpaired) electrons. The monoisotopic (exact) mass is 249 g/mol. The second-order valence-electron chi connectivity index (χ2n) is 4.10. The molecule has 0 atom stereocenters. The molecule has 1 N–H and O–H groups in total. The molecule has 4 heteroatoms. The molecule has 1 heterocycles. The van der Waals surface area contributed by atoms with Crippen LogP contribution >= 0.6 is 11.6 Å². The van der Waals surface area contributed by atoms with Crippen LogP contribution in [0, 0.1) is 0 Å². The van der Waals surface area contributed by atoms with Gasteiger partial charge in [-0.1, -0.05) is 43.5 Å². The number of H-pyrrole nitrogens is 1. The Balaban J connectivity index is 2.12. The molecule has 17 heavy (non-hydrogen) atoms. The molecule has 1 aromatic heterocycles. The summed E-state index contributed by atoms with van der Waals surface area (Å²) in [5, 5.41) is 7.48. The summed E-state index contributed by atoms with van der Waals surface area (Å²) in [5.41, 5.74) is 2.19. The number of benzene rings is 1. The summed E-state index contributed by atoms with van der Waals surface area (Å²) in [5.74, 6) is 0.756. The Morgan fingerprint density at radius 2 is 2.18 bits per heavy atom. The predicted molar refractivity (Wildman–Crippen MR) is 70.1 cm³/mol. The van der Waals surface area contributed by atoms with Crippen LogP contribution in [0.25, 0.3) is 11.4 Å². The van der Waals surface area contributed by atoms with Crippen molar-refractivity contribution in [2.45, 2.75) is 32.6 Å². The molecule has 3 nitrogen and oxygen atoms in total. The van der Waals surface area contributed by atoms with Gasteiger partial charge in [0.1, 0.15) is 6.33 Å². The zero-order valence-electron chi connectivity index (χ0n) is 9.91. The van der Waals surface area contributed by atoms with Gasteiger partial charge < -0.3 is 0 Å². The molecule has 0 aliphatic heterocycles. The Kier molecular flexibility index (Phi) is 4.15. The quantitative estimate of drug-likeness (QED) is 0.818. The molecule has 0 aliphatic carbocycles. The minimum Gasteiger partial charge on any atom is -0.259 e. The van der Waals surface area contributed by atoms with Crippen molar-refractivity contribution in [1.82, 2.24) is 15.2 Å². The summed E-state index contributed by atoms with van der Waals surface area (Å²) in [6, 6.07) is 6.06. The SMILES string of the molecule is CCCCCc1ccc(-c2ncn[nH]2)cc1Cl. The average molecular weight is 250 g/mol. The Labute approximate surface area is 106 Å². The molecule has 0 bridgehead atoms. The van der Waals surface area contributed by atoms with Crippen molar-refractivity contribution < 1.29 is 0 Å². The van der Waals surface area contributed by atoms with Crippen molar-refractivity contribution >= 4 is 11.6 Å². The third-order valence-corrected chi connectivity index (χ3v) is 3.14. The van der Waals surface area contributed by atoms with E-state index in [2.05, 4.69) is 28.2 Å². The summed E-state index contributed by atoms with van der Waals surface area (Å²) in [6.07, 6.45) is 6.22. The first-order valence-electron chi connectivity index (χ1n) is 5.95. The van der Waals surface area contributed by atoms with E-state index in [4.69, 9.17) is 11.6 Å². The molecule has 0 saturated heterocycles. The zero-order chi connectivity index (χ0) is 12.1. The summed E-state index contributed by atoms with van der Waals surface area (Å²) in [4.78, 5) is 4.11. The number of nitrogens with one attached hydrogen (secondary N) is 1. The number of nitrogens with zero attached hydrogens (tertiary/aromatic N) is 2. The van der Waals surface area contributed by atoms with Crippen LogP contribution in [0.5, 0.6) is 0 Å². The smallest absolute Gasteiger partial charge is 0.155 e. The van der Waals surface area contributed by atoms with Gasteiger partial charge in [0.15, 0.2) is 5.82 Å². The summed E-state index contributed by atoms with van der Waals surface area (Å²) >= 11 is 6.26. The van der Waals surface area contributed by atoms with Crippen molar-refractivity contribution in [2.24, 2.45) is 0 Å². The van der Waals surface area contributed by atoms with E-state index in [1.165, 1.54) is 31.2 Å². The summed E-state index contributed by atoms with van der Waals surface area (Å²) in [6.45, 7) is 2.20. The maximum Gasteiger partial charge on any atom is 0.155 e. The standard InChI is InChI=1S/C13H16ClN3/c1-2-3-4-5-10-6-7-11(8-12(10)14)13-15-9-16-17-13/h6-9H,2-5H2,1H3,(H,15,16,17). The highest BCUT2D eigenvalue weighted by molar-refractivity contribution is 6.31. The topological polar surface area (TPSA) is 41.6 Å². The Hall–Kier alpha value is -1.35. The normalized spacial score (nSPS) is 10.7. The maximum absolute atomic E-state index is 6.26. The van der Waals surface area contributed by atoms with Crippen LogP contribution in [0.3, 0.4) is 0 Å². The minimum absolute atomic E-state index is 0.756. The number of halogens is 1. The predicted octanol–water partition coefficient (Wildman–Crippen LogP) is 3.86. The lowest BCUT2D eigenvalue weighted by Crippen LogP contribution is -1.89. The van der Waals surface area contributed by atoms with Gasteiger partial charge in [0.2, 0.25) is 0 Å². The second-order valence-corrected chi connectivity index (χ2v) is 4.50. The molecule has 2 rings (SSSR count). The molecular formula is C13H16ClN3. The van der Waals surface area contributed by atoms with Gasteiger partial charge in [-0.05, 0) is 24.5 Å². The van der Waals surface area contributed by atoms with E-state index >= 15 is 0 Å². The van der Waals surface area contributed by atoms with Gasteiger partial charge in [0.05, 0.1) is 0 Å². The lowest BCUT2D eigenvalue weighted by Gasteiger charge is -2.05. The fourth-order valence-electron chi connectivity index (χ4n) is 1.81.